The van der Waals surface area contributed by atoms with E-state index in [1.807, 2.05) is 31.2 Å². The first-order valence-corrected chi connectivity index (χ1v) is 10.0. The zero-order valence-corrected chi connectivity index (χ0v) is 17.7. The van der Waals surface area contributed by atoms with Gasteiger partial charge in [-0.3, -0.25) is 4.79 Å². The smallest absolute Gasteiger partial charge is 0.255 e. The normalized spacial score (nSPS) is 15.6. The molecular formula is C23H26ClFN4O. The lowest BCUT2D eigenvalue weighted by atomic mass is 10.0. The molecule has 0 saturated carbocycles. The van der Waals surface area contributed by atoms with E-state index < -0.39 is 0 Å². The standard InChI is InChI=1S/C23H25FN4O.ClH/c1-16-3-2-4-18(13-16)22-21(23(29)26-12-10-17-9-11-25-14-17)15-28(27-22)20-7-5-19(24)6-8-20;/h2-8,13,15,17,25H,9-12,14H2,1H3,(H,26,29);1H. The molecule has 1 unspecified atom stereocenters. The summed E-state index contributed by atoms with van der Waals surface area (Å²) in [6.07, 6.45) is 3.84. The first kappa shape index (κ1) is 22.0. The van der Waals surface area contributed by atoms with Crippen molar-refractivity contribution in [1.82, 2.24) is 20.4 Å². The predicted molar refractivity (Wildman–Crippen MR) is 119 cm³/mol. The van der Waals surface area contributed by atoms with Gasteiger partial charge < -0.3 is 10.6 Å². The molecule has 0 radical (unpaired) electrons. The summed E-state index contributed by atoms with van der Waals surface area (Å²) < 4.78 is 14.9. The van der Waals surface area contributed by atoms with E-state index in [0.717, 1.165) is 37.1 Å². The largest absolute Gasteiger partial charge is 0.352 e. The van der Waals surface area contributed by atoms with Gasteiger partial charge in [-0.1, -0.05) is 23.8 Å². The maximum absolute atomic E-state index is 13.3. The molecule has 1 aliphatic rings. The molecule has 1 aromatic heterocycles. The molecule has 1 saturated heterocycles. The van der Waals surface area contributed by atoms with Crippen molar-refractivity contribution < 1.29 is 9.18 Å². The summed E-state index contributed by atoms with van der Waals surface area (Å²) in [6.45, 7) is 4.73. The van der Waals surface area contributed by atoms with Gasteiger partial charge in [0.05, 0.1) is 11.3 Å². The summed E-state index contributed by atoms with van der Waals surface area (Å²) in [5.74, 6) is 0.175. The van der Waals surface area contributed by atoms with Crippen LogP contribution in [0.15, 0.2) is 54.7 Å². The number of aromatic nitrogens is 2. The number of hydrogen-bond acceptors (Lipinski definition) is 3. The molecule has 1 fully saturated rings. The van der Waals surface area contributed by atoms with Gasteiger partial charge in [0.2, 0.25) is 0 Å². The van der Waals surface area contributed by atoms with Crippen LogP contribution in [0.1, 0.15) is 28.8 Å². The molecule has 0 bridgehead atoms. The Bertz CT molecular complexity index is 997. The van der Waals surface area contributed by atoms with Crippen LogP contribution in [0.25, 0.3) is 16.9 Å². The molecule has 0 spiro atoms. The highest BCUT2D eigenvalue weighted by atomic mass is 35.5. The third kappa shape index (κ3) is 5.07. The minimum atomic E-state index is -0.306. The number of aryl methyl sites for hydroxylation is 1. The van der Waals surface area contributed by atoms with Crippen LogP contribution in [0.5, 0.6) is 0 Å². The third-order valence-corrected chi connectivity index (χ3v) is 5.34. The number of amides is 1. The number of rotatable bonds is 6. The summed E-state index contributed by atoms with van der Waals surface area (Å²) in [5.41, 5.74) is 3.83. The van der Waals surface area contributed by atoms with Gasteiger partial charge in [0.1, 0.15) is 11.5 Å². The second-order valence-corrected chi connectivity index (χ2v) is 7.59. The summed E-state index contributed by atoms with van der Waals surface area (Å²) in [4.78, 5) is 13.0. The lowest BCUT2D eigenvalue weighted by Crippen LogP contribution is -2.26. The van der Waals surface area contributed by atoms with Crippen LogP contribution in [0.3, 0.4) is 0 Å². The Morgan fingerprint density at radius 3 is 2.77 bits per heavy atom. The fourth-order valence-electron chi connectivity index (χ4n) is 3.72. The lowest BCUT2D eigenvalue weighted by Gasteiger charge is -2.09. The number of nitrogens with zero attached hydrogens (tertiary/aromatic N) is 2. The molecule has 2 heterocycles. The Hall–Kier alpha value is -2.70. The maximum Gasteiger partial charge on any atom is 0.255 e. The van der Waals surface area contributed by atoms with E-state index >= 15 is 0 Å². The van der Waals surface area contributed by atoms with Gasteiger partial charge in [-0.2, -0.15) is 5.10 Å². The van der Waals surface area contributed by atoms with Crippen LogP contribution in [0.4, 0.5) is 4.39 Å². The van der Waals surface area contributed by atoms with Crippen LogP contribution < -0.4 is 10.6 Å². The molecule has 1 aliphatic heterocycles. The number of nitrogens with one attached hydrogen (secondary N) is 2. The van der Waals surface area contributed by atoms with Gasteiger partial charge in [-0.15, -0.1) is 12.4 Å². The second-order valence-electron chi connectivity index (χ2n) is 7.59. The van der Waals surface area contributed by atoms with E-state index in [2.05, 4.69) is 15.7 Å². The lowest BCUT2D eigenvalue weighted by molar-refractivity contribution is 0.0952. The monoisotopic (exact) mass is 428 g/mol. The highest BCUT2D eigenvalue weighted by Gasteiger charge is 2.20. The van der Waals surface area contributed by atoms with Gasteiger partial charge in [0.15, 0.2) is 0 Å². The second kappa shape index (κ2) is 9.87. The maximum atomic E-state index is 13.3. The molecule has 5 nitrogen and oxygen atoms in total. The molecule has 4 rings (SSSR count). The predicted octanol–water partition coefficient (Wildman–Crippen LogP) is 4.14. The minimum Gasteiger partial charge on any atom is -0.352 e. The summed E-state index contributed by atoms with van der Waals surface area (Å²) in [7, 11) is 0. The van der Waals surface area contributed by atoms with E-state index in [4.69, 9.17) is 0 Å². The Morgan fingerprint density at radius 2 is 2.07 bits per heavy atom. The Labute approximate surface area is 182 Å². The first-order valence-electron chi connectivity index (χ1n) is 10.0. The average molecular weight is 429 g/mol. The van der Waals surface area contributed by atoms with Gasteiger partial charge >= 0.3 is 0 Å². The van der Waals surface area contributed by atoms with Crippen LogP contribution in [0.2, 0.25) is 0 Å². The molecule has 1 atom stereocenters. The van der Waals surface area contributed by atoms with Crippen molar-refractivity contribution in [2.75, 3.05) is 19.6 Å². The molecule has 2 N–H and O–H groups in total. The van der Waals surface area contributed by atoms with Crippen molar-refractivity contribution in [3.8, 4) is 16.9 Å². The average Bonchev–Trinajstić information content (AvgIpc) is 3.38. The van der Waals surface area contributed by atoms with Crippen LogP contribution in [-0.4, -0.2) is 35.3 Å². The van der Waals surface area contributed by atoms with E-state index in [9.17, 15) is 9.18 Å². The van der Waals surface area contributed by atoms with Crippen LogP contribution in [-0.2, 0) is 0 Å². The fraction of sp³-hybridized carbons (Fsp3) is 0.304. The van der Waals surface area contributed by atoms with E-state index in [-0.39, 0.29) is 24.1 Å². The zero-order valence-electron chi connectivity index (χ0n) is 16.9. The van der Waals surface area contributed by atoms with Crippen molar-refractivity contribution in [2.24, 2.45) is 5.92 Å². The quantitative estimate of drug-likeness (QED) is 0.620. The molecule has 1 amide bonds. The minimum absolute atomic E-state index is 0. The molecule has 158 valence electrons. The van der Waals surface area contributed by atoms with Crippen molar-refractivity contribution in [3.05, 3.63) is 71.7 Å². The van der Waals surface area contributed by atoms with Crippen molar-refractivity contribution in [1.29, 1.82) is 0 Å². The Kier molecular flexibility index (Phi) is 7.24. The number of carbonyl (C=O) groups is 1. The molecular weight excluding hydrogens is 403 g/mol. The summed E-state index contributed by atoms with van der Waals surface area (Å²) in [6, 6.07) is 14.0. The van der Waals surface area contributed by atoms with Crippen LogP contribution >= 0.6 is 12.4 Å². The zero-order chi connectivity index (χ0) is 20.2. The number of hydrogen-bond donors (Lipinski definition) is 2. The molecule has 0 aliphatic carbocycles. The van der Waals surface area contributed by atoms with E-state index in [1.165, 1.54) is 12.1 Å². The third-order valence-electron chi connectivity index (χ3n) is 5.34. The number of benzene rings is 2. The van der Waals surface area contributed by atoms with E-state index in [1.54, 1.807) is 23.0 Å². The molecule has 2 aromatic carbocycles. The first-order chi connectivity index (χ1) is 14.1. The van der Waals surface area contributed by atoms with Crippen molar-refractivity contribution >= 4 is 18.3 Å². The van der Waals surface area contributed by atoms with Gasteiger partial charge in [0.25, 0.3) is 5.91 Å². The van der Waals surface area contributed by atoms with Crippen LogP contribution in [0, 0.1) is 18.7 Å². The summed E-state index contributed by atoms with van der Waals surface area (Å²) >= 11 is 0. The SMILES string of the molecule is Cc1cccc(-c2nn(-c3ccc(F)cc3)cc2C(=O)NCCC2CCNC2)c1.Cl. The summed E-state index contributed by atoms with van der Waals surface area (Å²) in [5, 5.41) is 11.0. The highest BCUT2D eigenvalue weighted by molar-refractivity contribution is 6.00. The van der Waals surface area contributed by atoms with Gasteiger partial charge in [-0.05, 0) is 69.1 Å². The van der Waals surface area contributed by atoms with Crippen molar-refractivity contribution in [2.45, 2.75) is 19.8 Å². The van der Waals surface area contributed by atoms with Gasteiger partial charge in [0, 0.05) is 18.3 Å². The molecule has 3 aromatic rings. The highest BCUT2D eigenvalue weighted by Crippen LogP contribution is 2.25. The van der Waals surface area contributed by atoms with Gasteiger partial charge in [-0.25, -0.2) is 9.07 Å². The Balaban J connectivity index is 0.00000256. The van der Waals surface area contributed by atoms with E-state index in [0.29, 0.717) is 29.4 Å². The molecule has 30 heavy (non-hydrogen) atoms. The fourth-order valence-corrected chi connectivity index (χ4v) is 3.72. The molecule has 7 heteroatoms. The number of halogens is 2. The topological polar surface area (TPSA) is 59.0 Å². The van der Waals surface area contributed by atoms with Crippen molar-refractivity contribution in [3.63, 3.8) is 0 Å². The Morgan fingerprint density at radius 1 is 1.27 bits per heavy atom. The number of carbonyl (C=O) groups excluding carboxylic acids is 1.